The Labute approximate surface area is 173 Å². The zero-order valence-corrected chi connectivity index (χ0v) is 18.0. The first-order valence-electron chi connectivity index (χ1n) is 10.0. The zero-order chi connectivity index (χ0) is 21.8. The Kier molecular flexibility index (Phi) is 7.27. The van der Waals surface area contributed by atoms with Crippen molar-refractivity contribution in [1.82, 2.24) is 10.2 Å². The molecule has 1 aliphatic rings. The van der Waals surface area contributed by atoms with E-state index in [1.54, 1.807) is 37.8 Å². The summed E-state index contributed by atoms with van der Waals surface area (Å²) in [6.45, 7) is 13.3. The van der Waals surface area contributed by atoms with Crippen molar-refractivity contribution in [2.75, 3.05) is 11.9 Å². The number of hydrogen-bond donors (Lipinski definition) is 2. The van der Waals surface area contributed by atoms with Crippen molar-refractivity contribution >= 4 is 23.6 Å². The highest BCUT2D eigenvalue weighted by atomic mass is 16.6. The van der Waals surface area contributed by atoms with Gasteiger partial charge in [0.2, 0.25) is 11.8 Å². The van der Waals surface area contributed by atoms with Gasteiger partial charge in [0, 0.05) is 12.2 Å². The van der Waals surface area contributed by atoms with Gasteiger partial charge in [-0.2, -0.15) is 0 Å². The number of ether oxygens (including phenoxy) is 1. The highest BCUT2D eigenvalue weighted by molar-refractivity contribution is 5.98. The second-order valence-electron chi connectivity index (χ2n) is 8.74. The summed E-state index contributed by atoms with van der Waals surface area (Å²) in [5.41, 5.74) is 0.858. The molecular formula is C22H32N3O4. The number of benzene rings is 1. The molecule has 2 rings (SSSR count). The lowest BCUT2D eigenvalue weighted by atomic mass is 10.0. The molecule has 159 valence electrons. The topological polar surface area (TPSA) is 87.7 Å². The van der Waals surface area contributed by atoms with Crippen LogP contribution >= 0.6 is 0 Å². The lowest BCUT2D eigenvalue weighted by molar-refractivity contribution is -0.139. The lowest BCUT2D eigenvalue weighted by Gasteiger charge is -2.31. The third kappa shape index (κ3) is 6.48. The van der Waals surface area contributed by atoms with Crippen molar-refractivity contribution < 1.29 is 19.1 Å². The Morgan fingerprint density at radius 2 is 1.79 bits per heavy atom. The van der Waals surface area contributed by atoms with E-state index in [2.05, 4.69) is 17.6 Å². The summed E-state index contributed by atoms with van der Waals surface area (Å²) in [7, 11) is 0. The Bertz CT molecular complexity index is 737. The molecule has 1 saturated heterocycles. The molecular weight excluding hydrogens is 370 g/mol. The highest BCUT2D eigenvalue weighted by Crippen LogP contribution is 2.22. The standard InChI is InChI=1S/C22H32N3O4/c1-14(2)18(24-21(28)29-22(4,5)6)20(27)25-13-7-8-17(25)19(26)23-16-11-9-15(3)10-12-16/h9-12,14,17-18H,3,7-8,13H2,1-2,4-6H3,(H,23,26)(H,24,28)/t17-,18-/m0/s1. The van der Waals surface area contributed by atoms with E-state index >= 15 is 0 Å². The van der Waals surface area contributed by atoms with Gasteiger partial charge < -0.3 is 20.3 Å². The van der Waals surface area contributed by atoms with Gasteiger partial charge in [-0.15, -0.1) is 0 Å². The Morgan fingerprint density at radius 1 is 1.17 bits per heavy atom. The quantitative estimate of drug-likeness (QED) is 0.791. The summed E-state index contributed by atoms with van der Waals surface area (Å²) in [6.07, 6.45) is 0.680. The van der Waals surface area contributed by atoms with Crippen molar-refractivity contribution in [2.45, 2.75) is 65.1 Å². The Morgan fingerprint density at radius 3 is 2.34 bits per heavy atom. The maximum Gasteiger partial charge on any atom is 0.408 e. The number of hydrogen-bond acceptors (Lipinski definition) is 4. The number of amides is 3. The third-order valence-corrected chi connectivity index (χ3v) is 4.66. The summed E-state index contributed by atoms with van der Waals surface area (Å²) < 4.78 is 5.29. The van der Waals surface area contributed by atoms with Crippen LogP contribution in [-0.2, 0) is 14.3 Å². The maximum atomic E-state index is 13.2. The average Bonchev–Trinajstić information content (AvgIpc) is 3.09. The van der Waals surface area contributed by atoms with Gasteiger partial charge in [0.1, 0.15) is 17.7 Å². The number of nitrogens with one attached hydrogen (secondary N) is 2. The summed E-state index contributed by atoms with van der Waals surface area (Å²) in [4.78, 5) is 39.7. The van der Waals surface area contributed by atoms with Gasteiger partial charge in [0.05, 0.1) is 0 Å². The summed E-state index contributed by atoms with van der Waals surface area (Å²) >= 11 is 0. The van der Waals surface area contributed by atoms with Gasteiger partial charge in [-0.1, -0.05) is 26.0 Å². The molecule has 1 aromatic rings. The van der Waals surface area contributed by atoms with Gasteiger partial charge in [-0.3, -0.25) is 9.59 Å². The average molecular weight is 403 g/mol. The number of rotatable bonds is 5. The van der Waals surface area contributed by atoms with Crippen molar-refractivity contribution in [3.8, 4) is 0 Å². The molecule has 2 atom stereocenters. The Hall–Kier alpha value is -2.57. The molecule has 0 bridgehead atoms. The highest BCUT2D eigenvalue weighted by Gasteiger charge is 2.39. The van der Waals surface area contributed by atoms with Crippen LogP contribution in [0.2, 0.25) is 0 Å². The van der Waals surface area contributed by atoms with Crippen LogP contribution in [0.25, 0.3) is 0 Å². The molecule has 2 N–H and O–H groups in total. The predicted molar refractivity (Wildman–Crippen MR) is 112 cm³/mol. The number of anilines is 1. The molecule has 1 aliphatic heterocycles. The van der Waals surface area contributed by atoms with Crippen LogP contribution in [0.4, 0.5) is 10.5 Å². The van der Waals surface area contributed by atoms with Crippen LogP contribution in [0.1, 0.15) is 53.0 Å². The number of carbonyl (C=O) groups excluding carboxylic acids is 3. The van der Waals surface area contributed by atoms with E-state index in [-0.39, 0.29) is 17.7 Å². The Balaban J connectivity index is 2.08. The number of nitrogens with zero attached hydrogens (tertiary/aromatic N) is 1. The van der Waals surface area contributed by atoms with E-state index in [1.807, 2.05) is 26.0 Å². The fourth-order valence-electron chi connectivity index (χ4n) is 3.24. The fourth-order valence-corrected chi connectivity index (χ4v) is 3.24. The van der Waals surface area contributed by atoms with E-state index in [9.17, 15) is 14.4 Å². The SMILES string of the molecule is [CH2]c1ccc(NC(=O)[C@@H]2CCCN2C(=O)[C@@H](NC(=O)OC(C)(C)C)C(C)C)cc1. The van der Waals surface area contributed by atoms with Crippen LogP contribution in [0.5, 0.6) is 0 Å². The molecule has 1 heterocycles. The van der Waals surface area contributed by atoms with E-state index < -0.39 is 23.8 Å². The second kappa shape index (κ2) is 9.29. The molecule has 0 saturated carbocycles. The molecule has 1 fully saturated rings. The largest absolute Gasteiger partial charge is 0.444 e. The minimum absolute atomic E-state index is 0.149. The van der Waals surface area contributed by atoms with E-state index in [1.165, 1.54) is 0 Å². The smallest absolute Gasteiger partial charge is 0.408 e. The molecule has 0 aliphatic carbocycles. The normalized spacial score (nSPS) is 17.8. The predicted octanol–water partition coefficient (Wildman–Crippen LogP) is 3.35. The zero-order valence-electron chi connectivity index (χ0n) is 18.0. The van der Waals surface area contributed by atoms with Crippen LogP contribution < -0.4 is 10.6 Å². The van der Waals surface area contributed by atoms with Gasteiger partial charge in [-0.05, 0) is 64.2 Å². The lowest BCUT2D eigenvalue weighted by Crippen LogP contribution is -2.55. The van der Waals surface area contributed by atoms with E-state index in [0.717, 1.165) is 12.0 Å². The van der Waals surface area contributed by atoms with E-state index in [4.69, 9.17) is 4.74 Å². The summed E-state index contributed by atoms with van der Waals surface area (Å²) in [5.74, 6) is -0.645. The van der Waals surface area contributed by atoms with Gasteiger partial charge in [0.15, 0.2) is 0 Å². The molecule has 1 radical (unpaired) electrons. The van der Waals surface area contributed by atoms with Crippen LogP contribution in [0, 0.1) is 12.8 Å². The van der Waals surface area contributed by atoms with Crippen LogP contribution in [0.15, 0.2) is 24.3 Å². The molecule has 0 unspecified atom stereocenters. The first-order chi connectivity index (χ1) is 13.5. The minimum atomic E-state index is -0.760. The molecule has 7 heteroatoms. The minimum Gasteiger partial charge on any atom is -0.444 e. The first kappa shape index (κ1) is 22.7. The molecule has 1 aromatic carbocycles. The maximum absolute atomic E-state index is 13.2. The van der Waals surface area contributed by atoms with Gasteiger partial charge in [-0.25, -0.2) is 4.79 Å². The van der Waals surface area contributed by atoms with Gasteiger partial charge >= 0.3 is 6.09 Å². The van der Waals surface area contributed by atoms with Crippen LogP contribution in [0.3, 0.4) is 0 Å². The molecule has 7 nitrogen and oxygen atoms in total. The summed E-state index contributed by atoms with van der Waals surface area (Å²) in [6, 6.07) is 5.86. The third-order valence-electron chi connectivity index (χ3n) is 4.66. The molecule has 0 spiro atoms. The summed E-state index contributed by atoms with van der Waals surface area (Å²) in [5, 5.41) is 5.54. The molecule has 3 amide bonds. The molecule has 29 heavy (non-hydrogen) atoms. The number of likely N-dealkylation sites (tertiary alicyclic amines) is 1. The fraction of sp³-hybridized carbons (Fsp3) is 0.545. The van der Waals surface area contributed by atoms with Crippen LogP contribution in [-0.4, -0.2) is 47.0 Å². The number of alkyl carbamates (subject to hydrolysis) is 1. The number of carbonyl (C=O) groups is 3. The van der Waals surface area contributed by atoms with E-state index in [0.29, 0.717) is 18.7 Å². The second-order valence-corrected chi connectivity index (χ2v) is 8.74. The molecule has 0 aromatic heterocycles. The van der Waals surface area contributed by atoms with Crippen molar-refractivity contribution in [3.63, 3.8) is 0 Å². The monoisotopic (exact) mass is 402 g/mol. The van der Waals surface area contributed by atoms with Crippen molar-refractivity contribution in [1.29, 1.82) is 0 Å². The van der Waals surface area contributed by atoms with Crippen molar-refractivity contribution in [2.24, 2.45) is 5.92 Å². The van der Waals surface area contributed by atoms with Gasteiger partial charge in [0.25, 0.3) is 0 Å². The van der Waals surface area contributed by atoms with Crippen molar-refractivity contribution in [3.05, 3.63) is 36.8 Å². The first-order valence-corrected chi connectivity index (χ1v) is 10.0.